The van der Waals surface area contributed by atoms with E-state index < -0.39 is 24.4 Å². The molecule has 0 unspecified atom stereocenters. The number of rotatable bonds is 7. The van der Waals surface area contributed by atoms with Gasteiger partial charge in [-0.05, 0) is 25.8 Å². The maximum atomic E-state index is 14.4. The average molecular weight is 463 g/mol. The normalized spacial score (nSPS) is 24.0. The molecule has 4 heterocycles. The van der Waals surface area contributed by atoms with Crippen molar-refractivity contribution in [1.29, 1.82) is 0 Å². The number of aliphatic hydroxyl groups excluding tert-OH is 1. The zero-order valence-corrected chi connectivity index (χ0v) is 18.6. The molecule has 3 aromatic rings. The number of fused-ring (bicyclic) bond motifs is 1. The smallest absolute Gasteiger partial charge is 0.274 e. The SMILES string of the molecule is COC[C@H](C)Nc1ncc2c(-c3cnn(C4COC4)c3)cc([C@H]3CC[C@H](O)C(F)(F)C3)n2n1. The van der Waals surface area contributed by atoms with Crippen LogP contribution in [0.4, 0.5) is 14.7 Å². The lowest BCUT2D eigenvalue weighted by Crippen LogP contribution is -2.39. The summed E-state index contributed by atoms with van der Waals surface area (Å²) in [5.41, 5.74) is 3.10. The number of nitrogens with one attached hydrogen (secondary N) is 1. The number of aliphatic hydroxyl groups is 1. The summed E-state index contributed by atoms with van der Waals surface area (Å²) in [7, 11) is 1.62. The maximum Gasteiger partial charge on any atom is 0.274 e. The van der Waals surface area contributed by atoms with Crippen LogP contribution in [0.25, 0.3) is 16.6 Å². The first-order valence-electron chi connectivity index (χ1n) is 11.2. The number of aromatic nitrogens is 5. The van der Waals surface area contributed by atoms with Crippen molar-refractivity contribution in [3.05, 3.63) is 30.4 Å². The van der Waals surface area contributed by atoms with E-state index in [4.69, 9.17) is 9.47 Å². The fourth-order valence-electron chi connectivity index (χ4n) is 4.56. The first kappa shape index (κ1) is 22.2. The Morgan fingerprint density at radius 2 is 2.15 bits per heavy atom. The lowest BCUT2D eigenvalue weighted by Gasteiger charge is -2.32. The van der Waals surface area contributed by atoms with Crippen LogP contribution in [0.2, 0.25) is 0 Å². The van der Waals surface area contributed by atoms with E-state index in [2.05, 4.69) is 20.5 Å². The van der Waals surface area contributed by atoms with Crippen molar-refractivity contribution >= 4 is 11.5 Å². The molecule has 0 amide bonds. The quantitative estimate of drug-likeness (QED) is 0.557. The summed E-state index contributed by atoms with van der Waals surface area (Å²) < 4.78 is 42.8. The summed E-state index contributed by atoms with van der Waals surface area (Å²) in [6.45, 7) is 3.67. The molecule has 0 radical (unpaired) electrons. The second-order valence-corrected chi connectivity index (χ2v) is 9.02. The van der Waals surface area contributed by atoms with Crippen LogP contribution in [0.3, 0.4) is 0 Å². The molecule has 2 aliphatic rings. The summed E-state index contributed by atoms with van der Waals surface area (Å²) in [5.74, 6) is -3.19. The Hall–Kier alpha value is -2.63. The molecule has 1 aliphatic carbocycles. The van der Waals surface area contributed by atoms with Crippen LogP contribution in [0.5, 0.6) is 0 Å². The lowest BCUT2D eigenvalue weighted by molar-refractivity contribution is -0.136. The minimum atomic E-state index is -3.14. The van der Waals surface area contributed by atoms with Crippen LogP contribution in [-0.2, 0) is 9.47 Å². The minimum absolute atomic E-state index is 0.0250. The van der Waals surface area contributed by atoms with Gasteiger partial charge in [0.15, 0.2) is 0 Å². The second kappa shape index (κ2) is 8.62. The van der Waals surface area contributed by atoms with Gasteiger partial charge in [0.1, 0.15) is 6.10 Å². The third kappa shape index (κ3) is 4.20. The van der Waals surface area contributed by atoms with Crippen molar-refractivity contribution in [3.63, 3.8) is 0 Å². The monoisotopic (exact) mass is 462 g/mol. The van der Waals surface area contributed by atoms with Crippen molar-refractivity contribution in [2.45, 2.75) is 56.2 Å². The van der Waals surface area contributed by atoms with E-state index in [0.29, 0.717) is 43.4 Å². The molecule has 0 aromatic carbocycles. The van der Waals surface area contributed by atoms with Crippen LogP contribution < -0.4 is 5.32 Å². The summed E-state index contributed by atoms with van der Waals surface area (Å²) >= 11 is 0. The summed E-state index contributed by atoms with van der Waals surface area (Å²) in [4.78, 5) is 4.45. The highest BCUT2D eigenvalue weighted by atomic mass is 19.3. The van der Waals surface area contributed by atoms with E-state index in [1.165, 1.54) is 0 Å². The van der Waals surface area contributed by atoms with Gasteiger partial charge in [0, 0.05) is 48.5 Å². The number of methoxy groups -OCH3 is 1. The van der Waals surface area contributed by atoms with Gasteiger partial charge >= 0.3 is 0 Å². The average Bonchev–Trinajstić information content (AvgIpc) is 3.33. The molecular weight excluding hydrogens is 434 g/mol. The van der Waals surface area contributed by atoms with Crippen LogP contribution in [0, 0.1) is 0 Å². The van der Waals surface area contributed by atoms with Crippen LogP contribution in [0.15, 0.2) is 24.7 Å². The first-order valence-corrected chi connectivity index (χ1v) is 11.2. The number of anilines is 1. The van der Waals surface area contributed by atoms with E-state index in [-0.39, 0.29) is 18.5 Å². The topological polar surface area (TPSA) is 98.7 Å². The van der Waals surface area contributed by atoms with Crippen molar-refractivity contribution in [2.24, 2.45) is 0 Å². The zero-order valence-electron chi connectivity index (χ0n) is 18.6. The van der Waals surface area contributed by atoms with Gasteiger partial charge in [0.2, 0.25) is 5.95 Å². The van der Waals surface area contributed by atoms with E-state index in [0.717, 1.165) is 11.1 Å². The molecule has 0 spiro atoms. The van der Waals surface area contributed by atoms with Crippen molar-refractivity contribution in [1.82, 2.24) is 24.4 Å². The fourth-order valence-corrected chi connectivity index (χ4v) is 4.56. The molecule has 1 saturated carbocycles. The number of alkyl halides is 2. The Labute approximate surface area is 189 Å². The lowest BCUT2D eigenvalue weighted by atomic mass is 9.82. The summed E-state index contributed by atoms with van der Waals surface area (Å²) in [5, 5.41) is 22.0. The molecule has 33 heavy (non-hydrogen) atoms. The molecule has 2 N–H and O–H groups in total. The number of hydrogen-bond acceptors (Lipinski definition) is 7. The molecule has 1 saturated heterocycles. The van der Waals surface area contributed by atoms with Gasteiger partial charge in [-0.1, -0.05) is 0 Å². The van der Waals surface area contributed by atoms with Gasteiger partial charge in [-0.2, -0.15) is 5.10 Å². The minimum Gasteiger partial charge on any atom is -0.387 e. The summed E-state index contributed by atoms with van der Waals surface area (Å²) in [6, 6.07) is 2.09. The second-order valence-electron chi connectivity index (χ2n) is 9.02. The molecular formula is C22H28F2N6O3. The predicted octanol–water partition coefficient (Wildman–Crippen LogP) is 2.87. The number of hydrogen-bond donors (Lipinski definition) is 2. The Kier molecular flexibility index (Phi) is 5.79. The van der Waals surface area contributed by atoms with Gasteiger partial charge < -0.3 is 19.9 Å². The van der Waals surface area contributed by atoms with Crippen LogP contribution >= 0.6 is 0 Å². The van der Waals surface area contributed by atoms with Gasteiger partial charge in [0.05, 0.1) is 43.8 Å². The van der Waals surface area contributed by atoms with Gasteiger partial charge in [-0.25, -0.2) is 18.3 Å². The molecule has 5 rings (SSSR count). The number of nitrogens with zero attached hydrogens (tertiary/aromatic N) is 5. The highest BCUT2D eigenvalue weighted by molar-refractivity contribution is 5.81. The Bertz CT molecular complexity index is 1130. The van der Waals surface area contributed by atoms with Gasteiger partial charge in [0.25, 0.3) is 5.92 Å². The van der Waals surface area contributed by atoms with E-state index >= 15 is 0 Å². The molecule has 3 aromatic heterocycles. The van der Waals surface area contributed by atoms with Crippen LogP contribution in [-0.4, -0.2) is 74.5 Å². The maximum absolute atomic E-state index is 14.4. The Balaban J connectivity index is 1.55. The molecule has 2 fully saturated rings. The molecule has 11 heteroatoms. The third-order valence-corrected chi connectivity index (χ3v) is 6.46. The van der Waals surface area contributed by atoms with Crippen molar-refractivity contribution in [3.8, 4) is 11.1 Å². The van der Waals surface area contributed by atoms with E-state index in [1.54, 1.807) is 24.0 Å². The third-order valence-electron chi connectivity index (χ3n) is 6.46. The van der Waals surface area contributed by atoms with Gasteiger partial charge in [-0.15, -0.1) is 5.10 Å². The Morgan fingerprint density at radius 1 is 1.33 bits per heavy atom. The molecule has 0 bridgehead atoms. The van der Waals surface area contributed by atoms with E-state index in [9.17, 15) is 13.9 Å². The molecule has 3 atom stereocenters. The highest BCUT2D eigenvalue weighted by Crippen LogP contribution is 2.43. The van der Waals surface area contributed by atoms with Crippen LogP contribution in [0.1, 0.15) is 43.8 Å². The van der Waals surface area contributed by atoms with Crippen molar-refractivity contribution in [2.75, 3.05) is 32.2 Å². The van der Waals surface area contributed by atoms with Gasteiger partial charge in [-0.3, -0.25) is 4.68 Å². The number of ether oxygens (including phenoxy) is 2. The van der Waals surface area contributed by atoms with E-state index in [1.807, 2.05) is 23.9 Å². The highest BCUT2D eigenvalue weighted by Gasteiger charge is 2.45. The standard InChI is InChI=1S/C22H28F2N6O3/c1-13(10-32-2)27-21-25-8-19-17(15-7-26-29(9-15)16-11-33-12-16)5-18(30(19)28-21)14-3-4-20(31)22(23,24)6-14/h5,7-9,13-14,16,20,31H,3-4,6,10-12H2,1-2H3,(H,27,28)/t13-,14-,20-/m0/s1. The summed E-state index contributed by atoms with van der Waals surface area (Å²) in [6.07, 6.45) is 3.87. The fraction of sp³-hybridized carbons (Fsp3) is 0.591. The molecule has 1 aliphatic heterocycles. The number of halogens is 2. The zero-order chi connectivity index (χ0) is 23.2. The first-order chi connectivity index (χ1) is 15.9. The Morgan fingerprint density at radius 3 is 2.85 bits per heavy atom. The molecule has 178 valence electrons. The molecule has 9 nitrogen and oxygen atoms in total. The van der Waals surface area contributed by atoms with Crippen molar-refractivity contribution < 1.29 is 23.4 Å². The predicted molar refractivity (Wildman–Crippen MR) is 117 cm³/mol. The largest absolute Gasteiger partial charge is 0.387 e.